The zero-order valence-electron chi connectivity index (χ0n) is 13.8. The number of carbonyl (C=O) groups is 1. The lowest BCUT2D eigenvalue weighted by Gasteiger charge is -1.99. The first-order chi connectivity index (χ1) is 12.3. The van der Waals surface area contributed by atoms with E-state index in [1.54, 1.807) is 0 Å². The van der Waals surface area contributed by atoms with E-state index in [1.807, 2.05) is 31.2 Å². The van der Waals surface area contributed by atoms with E-state index in [4.69, 9.17) is 4.42 Å². The Labute approximate surface area is 152 Å². The molecule has 0 aliphatic rings. The van der Waals surface area contributed by atoms with Crippen LogP contribution >= 0.6 is 11.3 Å². The Morgan fingerprint density at radius 2 is 2.04 bits per heavy atom. The standard InChI is InChI=1S/C14H14N6O4S2/c1-8-4-3-5-10(6-8)12-18-17-11(24-12)7-15-26(22,23)14-20-19-13(25-14)16-9(2)21/h3-6,15H,7H2,1-2H3,(H,16,19,21). The van der Waals surface area contributed by atoms with Gasteiger partial charge in [0.1, 0.15) is 0 Å². The first kappa shape index (κ1) is 18.1. The molecule has 0 bridgehead atoms. The fraction of sp³-hybridized carbons (Fsp3) is 0.214. The Bertz CT molecular complexity index is 1040. The molecule has 0 aliphatic carbocycles. The molecule has 136 valence electrons. The van der Waals surface area contributed by atoms with Crippen LogP contribution < -0.4 is 10.0 Å². The highest BCUT2D eigenvalue weighted by atomic mass is 32.2. The summed E-state index contributed by atoms with van der Waals surface area (Å²) in [6, 6.07) is 7.50. The van der Waals surface area contributed by atoms with Crippen molar-refractivity contribution in [3.05, 3.63) is 35.7 Å². The highest BCUT2D eigenvalue weighted by Gasteiger charge is 2.21. The van der Waals surface area contributed by atoms with Gasteiger partial charge in [0.05, 0.1) is 6.54 Å². The van der Waals surface area contributed by atoms with Gasteiger partial charge in [-0.25, -0.2) is 8.42 Å². The van der Waals surface area contributed by atoms with Gasteiger partial charge in [-0.2, -0.15) is 4.72 Å². The number of nitrogens with one attached hydrogen (secondary N) is 2. The molecule has 10 nitrogen and oxygen atoms in total. The predicted octanol–water partition coefficient (Wildman–Crippen LogP) is 1.33. The number of aryl methyl sites for hydroxylation is 1. The van der Waals surface area contributed by atoms with Crippen molar-refractivity contribution in [1.82, 2.24) is 25.1 Å². The molecular weight excluding hydrogens is 380 g/mol. The van der Waals surface area contributed by atoms with Gasteiger partial charge in [0.25, 0.3) is 10.0 Å². The van der Waals surface area contributed by atoms with E-state index in [-0.39, 0.29) is 27.8 Å². The van der Waals surface area contributed by atoms with Gasteiger partial charge in [-0.15, -0.1) is 20.4 Å². The largest absolute Gasteiger partial charge is 0.419 e. The van der Waals surface area contributed by atoms with Crippen molar-refractivity contribution < 1.29 is 17.6 Å². The fourth-order valence-corrected chi connectivity index (χ4v) is 3.92. The second-order valence-corrected chi connectivity index (χ2v) is 8.17. The van der Waals surface area contributed by atoms with Crippen LogP contribution in [0.3, 0.4) is 0 Å². The van der Waals surface area contributed by atoms with Crippen LogP contribution in [0.1, 0.15) is 18.4 Å². The quantitative estimate of drug-likeness (QED) is 0.597. The van der Waals surface area contributed by atoms with E-state index in [9.17, 15) is 13.2 Å². The van der Waals surface area contributed by atoms with Crippen LogP contribution in [0.4, 0.5) is 5.13 Å². The van der Waals surface area contributed by atoms with E-state index in [1.165, 1.54) is 6.92 Å². The predicted molar refractivity (Wildman–Crippen MR) is 92.7 cm³/mol. The third-order valence-corrected chi connectivity index (χ3v) is 5.67. The molecule has 3 aromatic rings. The summed E-state index contributed by atoms with van der Waals surface area (Å²) in [5.41, 5.74) is 1.78. The summed E-state index contributed by atoms with van der Waals surface area (Å²) in [4.78, 5) is 11.0. The number of aromatic nitrogens is 4. The number of benzene rings is 1. The van der Waals surface area contributed by atoms with Crippen molar-refractivity contribution in [3.63, 3.8) is 0 Å². The van der Waals surface area contributed by atoms with Crippen molar-refractivity contribution in [2.24, 2.45) is 0 Å². The maximum absolute atomic E-state index is 12.2. The summed E-state index contributed by atoms with van der Waals surface area (Å²) < 4.78 is 31.9. The number of anilines is 1. The second-order valence-electron chi connectivity index (χ2n) is 5.25. The molecule has 1 amide bonds. The van der Waals surface area contributed by atoms with E-state index in [0.717, 1.165) is 22.5 Å². The minimum Gasteiger partial charge on any atom is -0.419 e. The monoisotopic (exact) mass is 394 g/mol. The molecule has 1 aromatic carbocycles. The van der Waals surface area contributed by atoms with Crippen LogP contribution in [0.15, 0.2) is 33.0 Å². The van der Waals surface area contributed by atoms with Gasteiger partial charge in [0.2, 0.25) is 27.2 Å². The number of amides is 1. The molecule has 0 fully saturated rings. The molecule has 12 heteroatoms. The lowest BCUT2D eigenvalue weighted by Crippen LogP contribution is -2.23. The Hall–Kier alpha value is -2.70. The molecule has 0 atom stereocenters. The van der Waals surface area contributed by atoms with E-state index < -0.39 is 10.0 Å². The van der Waals surface area contributed by atoms with Crippen LogP contribution in [-0.2, 0) is 21.4 Å². The number of nitrogens with zero attached hydrogens (tertiary/aromatic N) is 4. The van der Waals surface area contributed by atoms with Gasteiger partial charge in [0.15, 0.2) is 0 Å². The summed E-state index contributed by atoms with van der Waals surface area (Å²) in [5.74, 6) is 0.0380. The van der Waals surface area contributed by atoms with Gasteiger partial charge in [0, 0.05) is 12.5 Å². The molecule has 0 radical (unpaired) electrons. The molecule has 2 aromatic heterocycles. The van der Waals surface area contributed by atoms with Crippen molar-refractivity contribution in [1.29, 1.82) is 0 Å². The normalized spacial score (nSPS) is 11.5. The summed E-state index contributed by atoms with van der Waals surface area (Å²) >= 11 is 0.736. The van der Waals surface area contributed by atoms with Crippen molar-refractivity contribution in [2.45, 2.75) is 24.7 Å². The number of hydrogen-bond acceptors (Lipinski definition) is 9. The topological polar surface area (TPSA) is 140 Å². The smallest absolute Gasteiger partial charge is 0.270 e. The van der Waals surface area contributed by atoms with E-state index in [0.29, 0.717) is 5.89 Å². The fourth-order valence-electron chi connectivity index (χ4n) is 1.96. The minimum atomic E-state index is -3.92. The molecule has 2 N–H and O–H groups in total. The lowest BCUT2D eigenvalue weighted by atomic mass is 10.1. The third kappa shape index (κ3) is 4.28. The van der Waals surface area contributed by atoms with Gasteiger partial charge in [-0.1, -0.05) is 29.0 Å². The Kier molecular flexibility index (Phi) is 5.06. The van der Waals surface area contributed by atoms with Crippen LogP contribution in [-0.4, -0.2) is 34.7 Å². The van der Waals surface area contributed by atoms with Crippen LogP contribution in [0.25, 0.3) is 11.5 Å². The van der Waals surface area contributed by atoms with Crippen LogP contribution in [0.2, 0.25) is 0 Å². The Morgan fingerprint density at radius 1 is 1.23 bits per heavy atom. The van der Waals surface area contributed by atoms with E-state index >= 15 is 0 Å². The summed E-state index contributed by atoms with van der Waals surface area (Å²) in [5, 5.41) is 17.4. The Morgan fingerprint density at radius 3 is 2.77 bits per heavy atom. The van der Waals surface area contributed by atoms with Crippen molar-refractivity contribution in [2.75, 3.05) is 5.32 Å². The number of hydrogen-bond donors (Lipinski definition) is 2. The molecule has 0 saturated carbocycles. The lowest BCUT2D eigenvalue weighted by molar-refractivity contribution is -0.114. The van der Waals surface area contributed by atoms with Crippen LogP contribution in [0, 0.1) is 6.92 Å². The molecule has 0 unspecified atom stereocenters. The third-order valence-electron chi connectivity index (χ3n) is 3.06. The Balaban J connectivity index is 1.68. The number of rotatable bonds is 6. The van der Waals surface area contributed by atoms with Gasteiger partial charge in [-0.05, 0) is 19.1 Å². The molecule has 0 aliphatic heterocycles. The number of sulfonamides is 1. The molecule has 0 spiro atoms. The zero-order chi connectivity index (χ0) is 18.7. The van der Waals surface area contributed by atoms with Gasteiger partial charge >= 0.3 is 0 Å². The van der Waals surface area contributed by atoms with E-state index in [2.05, 4.69) is 30.4 Å². The molecule has 0 saturated heterocycles. The highest BCUT2D eigenvalue weighted by molar-refractivity contribution is 7.91. The molecular formula is C14H14N6O4S2. The average molecular weight is 394 g/mol. The average Bonchev–Trinajstić information content (AvgIpc) is 3.22. The molecule has 26 heavy (non-hydrogen) atoms. The molecule has 3 rings (SSSR count). The van der Waals surface area contributed by atoms with Gasteiger partial charge in [-0.3, -0.25) is 4.79 Å². The minimum absolute atomic E-state index is 0.0948. The van der Waals surface area contributed by atoms with Crippen molar-refractivity contribution >= 4 is 32.4 Å². The van der Waals surface area contributed by atoms with Crippen molar-refractivity contribution in [3.8, 4) is 11.5 Å². The highest BCUT2D eigenvalue weighted by Crippen LogP contribution is 2.21. The second kappa shape index (κ2) is 7.27. The maximum Gasteiger partial charge on any atom is 0.270 e. The van der Waals surface area contributed by atoms with Gasteiger partial charge < -0.3 is 9.73 Å². The first-order valence-electron chi connectivity index (χ1n) is 7.34. The molecule has 2 heterocycles. The van der Waals surface area contributed by atoms with Crippen LogP contribution in [0.5, 0.6) is 0 Å². The summed E-state index contributed by atoms with van der Waals surface area (Å²) in [6.07, 6.45) is 0. The number of carbonyl (C=O) groups excluding carboxylic acids is 1. The first-order valence-corrected chi connectivity index (χ1v) is 9.63. The SMILES string of the molecule is CC(=O)Nc1nnc(S(=O)(=O)NCc2nnc(-c3cccc(C)c3)o2)s1. The maximum atomic E-state index is 12.2. The summed E-state index contributed by atoms with van der Waals surface area (Å²) in [6.45, 7) is 3.03. The summed E-state index contributed by atoms with van der Waals surface area (Å²) in [7, 11) is -3.92. The zero-order valence-corrected chi connectivity index (χ0v) is 15.4.